The van der Waals surface area contributed by atoms with Crippen LogP contribution in [0.25, 0.3) is 0 Å². The van der Waals surface area contributed by atoms with Gasteiger partial charge in [0.05, 0.1) is 25.9 Å². The van der Waals surface area contributed by atoms with E-state index >= 15 is 0 Å². The first kappa shape index (κ1) is 18.4. The fraction of sp³-hybridized carbons (Fsp3) is 0.650. The number of rotatable bonds is 6. The first-order valence-electron chi connectivity index (χ1n) is 9.46. The van der Waals surface area contributed by atoms with E-state index in [1.165, 1.54) is 11.1 Å². The van der Waals surface area contributed by atoms with Crippen LogP contribution in [0.4, 0.5) is 0 Å². The molecule has 1 aromatic rings. The van der Waals surface area contributed by atoms with Gasteiger partial charge in [-0.2, -0.15) is 0 Å². The highest BCUT2D eigenvalue weighted by Crippen LogP contribution is 2.32. The maximum absolute atomic E-state index is 12.4. The second kappa shape index (κ2) is 8.79. The first-order chi connectivity index (χ1) is 12.1. The largest absolute Gasteiger partial charge is 0.393 e. The van der Waals surface area contributed by atoms with Crippen LogP contribution in [0.3, 0.4) is 0 Å². The number of ether oxygens (including phenoxy) is 1. The Morgan fingerprint density at radius 3 is 2.96 bits per heavy atom. The fourth-order valence-electron chi connectivity index (χ4n) is 4.13. The van der Waals surface area contributed by atoms with Crippen molar-refractivity contribution >= 4 is 5.91 Å². The number of hydrogen-bond acceptors (Lipinski definition) is 4. The Morgan fingerprint density at radius 2 is 2.20 bits per heavy atom. The predicted molar refractivity (Wildman–Crippen MR) is 97.4 cm³/mol. The quantitative estimate of drug-likeness (QED) is 0.820. The minimum atomic E-state index is -0.252. The molecule has 3 atom stereocenters. The minimum absolute atomic E-state index is 0.0629. The van der Waals surface area contributed by atoms with Crippen LogP contribution in [0.5, 0.6) is 0 Å². The van der Waals surface area contributed by atoms with Crippen LogP contribution in [0, 0.1) is 12.8 Å². The third kappa shape index (κ3) is 4.81. The van der Waals surface area contributed by atoms with Crippen molar-refractivity contribution in [3.8, 4) is 0 Å². The number of benzene rings is 1. The number of aliphatic hydroxyl groups is 1. The minimum Gasteiger partial charge on any atom is -0.393 e. The van der Waals surface area contributed by atoms with Crippen LogP contribution in [0.15, 0.2) is 24.3 Å². The van der Waals surface area contributed by atoms with Gasteiger partial charge < -0.3 is 15.2 Å². The summed E-state index contributed by atoms with van der Waals surface area (Å²) in [4.78, 5) is 14.6. The summed E-state index contributed by atoms with van der Waals surface area (Å²) in [5, 5.41) is 13.2. The van der Waals surface area contributed by atoms with Gasteiger partial charge in [-0.05, 0) is 37.3 Å². The SMILES string of the molecule is Cc1ccccc1CCNC(=O)CN1CCOC[C@@H]1[C@H]1CCC[C@H]1O. The number of hydrogen-bond donors (Lipinski definition) is 2. The summed E-state index contributed by atoms with van der Waals surface area (Å²) < 4.78 is 5.62. The molecule has 0 radical (unpaired) electrons. The first-order valence-corrected chi connectivity index (χ1v) is 9.46. The molecule has 3 rings (SSSR count). The lowest BCUT2D eigenvalue weighted by molar-refractivity contribution is -0.126. The van der Waals surface area contributed by atoms with E-state index in [1.807, 2.05) is 12.1 Å². The molecule has 2 aliphatic rings. The number of carbonyl (C=O) groups is 1. The van der Waals surface area contributed by atoms with Crippen molar-refractivity contribution in [2.45, 2.75) is 44.8 Å². The van der Waals surface area contributed by atoms with E-state index in [2.05, 4.69) is 29.3 Å². The molecule has 1 heterocycles. The van der Waals surface area contributed by atoms with Gasteiger partial charge in [-0.25, -0.2) is 0 Å². The second-order valence-electron chi connectivity index (χ2n) is 7.30. The average Bonchev–Trinajstić information content (AvgIpc) is 3.03. The normalized spacial score (nSPS) is 27.4. The zero-order chi connectivity index (χ0) is 17.6. The van der Waals surface area contributed by atoms with Crippen LogP contribution in [-0.2, 0) is 16.0 Å². The number of nitrogens with one attached hydrogen (secondary N) is 1. The van der Waals surface area contributed by atoms with Crippen LogP contribution in [-0.4, -0.2) is 60.9 Å². The van der Waals surface area contributed by atoms with E-state index in [9.17, 15) is 9.90 Å². The molecule has 5 heteroatoms. The Hall–Kier alpha value is -1.43. The molecule has 2 fully saturated rings. The summed E-state index contributed by atoms with van der Waals surface area (Å²) >= 11 is 0. The highest BCUT2D eigenvalue weighted by molar-refractivity contribution is 5.78. The van der Waals surface area contributed by atoms with Gasteiger partial charge in [-0.15, -0.1) is 0 Å². The smallest absolute Gasteiger partial charge is 0.234 e. The van der Waals surface area contributed by atoms with Gasteiger partial charge in [0, 0.05) is 25.0 Å². The lowest BCUT2D eigenvalue weighted by atomic mass is 9.94. The van der Waals surface area contributed by atoms with Gasteiger partial charge in [0.1, 0.15) is 0 Å². The Balaban J connectivity index is 1.48. The summed E-state index contributed by atoms with van der Waals surface area (Å²) in [6.45, 7) is 5.20. The number of nitrogens with zero attached hydrogens (tertiary/aromatic N) is 1. The molecular weight excluding hydrogens is 316 g/mol. The molecule has 1 amide bonds. The van der Waals surface area contributed by atoms with Crippen molar-refractivity contribution in [3.05, 3.63) is 35.4 Å². The molecular formula is C20H30N2O3. The monoisotopic (exact) mass is 346 g/mol. The van der Waals surface area contributed by atoms with E-state index in [1.54, 1.807) is 0 Å². The van der Waals surface area contributed by atoms with Crippen LogP contribution < -0.4 is 5.32 Å². The number of carbonyl (C=O) groups excluding carboxylic acids is 1. The summed E-state index contributed by atoms with van der Waals surface area (Å²) in [5.74, 6) is 0.299. The van der Waals surface area contributed by atoms with Gasteiger partial charge in [0.15, 0.2) is 0 Å². The van der Waals surface area contributed by atoms with Crippen molar-refractivity contribution in [2.24, 2.45) is 5.92 Å². The third-order valence-corrected chi connectivity index (χ3v) is 5.63. The Labute approximate surface area is 150 Å². The number of morpholine rings is 1. The van der Waals surface area contributed by atoms with Gasteiger partial charge in [0.2, 0.25) is 5.91 Å². The standard InChI is InChI=1S/C20H30N2O3/c1-15-5-2-3-6-16(15)9-10-21-20(24)13-22-11-12-25-14-18(22)17-7-4-8-19(17)23/h2-3,5-6,17-19,23H,4,7-14H2,1H3,(H,21,24)/t17-,18-,19-/m1/s1. The molecule has 1 aliphatic carbocycles. The molecule has 25 heavy (non-hydrogen) atoms. The van der Waals surface area contributed by atoms with Crippen LogP contribution in [0.1, 0.15) is 30.4 Å². The van der Waals surface area contributed by atoms with E-state index in [-0.39, 0.29) is 24.0 Å². The summed E-state index contributed by atoms with van der Waals surface area (Å²) in [6.07, 6.45) is 3.57. The molecule has 0 bridgehead atoms. The number of aliphatic hydroxyl groups excluding tert-OH is 1. The van der Waals surface area contributed by atoms with E-state index in [0.717, 1.165) is 32.2 Å². The molecule has 1 aromatic carbocycles. The van der Waals surface area contributed by atoms with E-state index in [0.29, 0.717) is 26.3 Å². The van der Waals surface area contributed by atoms with Crippen LogP contribution >= 0.6 is 0 Å². The van der Waals surface area contributed by atoms with Gasteiger partial charge in [-0.1, -0.05) is 30.7 Å². The van der Waals surface area contributed by atoms with E-state index < -0.39 is 0 Å². The van der Waals surface area contributed by atoms with Crippen LogP contribution in [0.2, 0.25) is 0 Å². The average molecular weight is 346 g/mol. The molecule has 1 saturated heterocycles. The maximum Gasteiger partial charge on any atom is 0.234 e. The van der Waals surface area contributed by atoms with Gasteiger partial charge in [0.25, 0.3) is 0 Å². The predicted octanol–water partition coefficient (Wildman–Crippen LogP) is 1.52. The molecule has 0 unspecified atom stereocenters. The zero-order valence-corrected chi connectivity index (χ0v) is 15.1. The van der Waals surface area contributed by atoms with Crippen molar-refractivity contribution in [3.63, 3.8) is 0 Å². The third-order valence-electron chi connectivity index (χ3n) is 5.63. The summed E-state index contributed by atoms with van der Waals surface area (Å²) in [5.41, 5.74) is 2.54. The Morgan fingerprint density at radius 1 is 1.36 bits per heavy atom. The van der Waals surface area contributed by atoms with Crippen molar-refractivity contribution in [2.75, 3.05) is 32.8 Å². The molecule has 1 saturated carbocycles. The van der Waals surface area contributed by atoms with Gasteiger partial charge in [-0.3, -0.25) is 9.69 Å². The highest BCUT2D eigenvalue weighted by atomic mass is 16.5. The lowest BCUT2D eigenvalue weighted by Gasteiger charge is -2.39. The molecule has 0 spiro atoms. The van der Waals surface area contributed by atoms with E-state index in [4.69, 9.17) is 4.74 Å². The molecule has 138 valence electrons. The maximum atomic E-state index is 12.4. The zero-order valence-electron chi connectivity index (χ0n) is 15.1. The fourth-order valence-corrected chi connectivity index (χ4v) is 4.13. The summed E-state index contributed by atoms with van der Waals surface area (Å²) in [7, 11) is 0. The highest BCUT2D eigenvalue weighted by Gasteiger charge is 2.38. The van der Waals surface area contributed by atoms with Crippen molar-refractivity contribution in [1.29, 1.82) is 0 Å². The van der Waals surface area contributed by atoms with Crippen molar-refractivity contribution in [1.82, 2.24) is 10.2 Å². The molecule has 5 nitrogen and oxygen atoms in total. The Kier molecular flexibility index (Phi) is 6.45. The number of amides is 1. The topological polar surface area (TPSA) is 61.8 Å². The second-order valence-corrected chi connectivity index (χ2v) is 7.30. The lowest BCUT2D eigenvalue weighted by Crippen LogP contribution is -2.54. The molecule has 1 aliphatic heterocycles. The molecule has 2 N–H and O–H groups in total. The number of aryl methyl sites for hydroxylation is 1. The van der Waals surface area contributed by atoms with Crippen molar-refractivity contribution < 1.29 is 14.6 Å². The van der Waals surface area contributed by atoms with Gasteiger partial charge >= 0.3 is 0 Å². The summed E-state index contributed by atoms with van der Waals surface area (Å²) in [6, 6.07) is 8.44. The molecule has 0 aromatic heterocycles. The Bertz CT molecular complexity index is 578.